The van der Waals surface area contributed by atoms with Crippen LogP contribution < -0.4 is 5.73 Å². The number of nitrogens with two attached hydrogens (primary N) is 1. The van der Waals surface area contributed by atoms with Gasteiger partial charge in [0.05, 0.1) is 5.56 Å². The van der Waals surface area contributed by atoms with Gasteiger partial charge in [-0.3, -0.25) is 0 Å². The van der Waals surface area contributed by atoms with Crippen LogP contribution in [0.3, 0.4) is 0 Å². The highest BCUT2D eigenvalue weighted by Gasteiger charge is 2.30. The molecule has 1 aromatic carbocycles. The molecule has 2 N–H and O–H groups in total. The molecule has 102 valence electrons. The first-order valence-corrected chi connectivity index (χ1v) is 6.71. The second-order valence-electron chi connectivity index (χ2n) is 4.46. The number of aryl methyl sites for hydroxylation is 1. The van der Waals surface area contributed by atoms with E-state index in [1.807, 2.05) is 17.5 Å². The molecule has 0 aliphatic carbocycles. The number of halogens is 3. The number of rotatable bonds is 3. The molecule has 5 heteroatoms. The van der Waals surface area contributed by atoms with Crippen molar-refractivity contribution in [3.63, 3.8) is 0 Å². The summed E-state index contributed by atoms with van der Waals surface area (Å²) in [6, 6.07) is 7.37. The van der Waals surface area contributed by atoms with Crippen LogP contribution in [-0.4, -0.2) is 0 Å². The standard InChI is InChI=1S/C14H14F3NS/c1-9-7-10(14(15,16)17)4-5-12(9)13(18)8-11-3-2-6-19-11/h2-7,13H,8,18H2,1H3. The predicted molar refractivity (Wildman–Crippen MR) is 71.1 cm³/mol. The van der Waals surface area contributed by atoms with Crippen molar-refractivity contribution in [1.29, 1.82) is 0 Å². The highest BCUT2D eigenvalue weighted by Crippen LogP contribution is 2.32. The zero-order chi connectivity index (χ0) is 14.0. The van der Waals surface area contributed by atoms with Gasteiger partial charge in [-0.05, 0) is 41.6 Å². The normalized spacial score (nSPS) is 13.5. The van der Waals surface area contributed by atoms with Gasteiger partial charge in [-0.25, -0.2) is 0 Å². The number of alkyl halides is 3. The van der Waals surface area contributed by atoms with E-state index in [0.717, 1.165) is 22.6 Å². The minimum atomic E-state index is -4.30. The van der Waals surface area contributed by atoms with Crippen LogP contribution in [0, 0.1) is 6.92 Å². The fourth-order valence-electron chi connectivity index (χ4n) is 2.02. The van der Waals surface area contributed by atoms with E-state index in [0.29, 0.717) is 12.0 Å². The van der Waals surface area contributed by atoms with E-state index in [9.17, 15) is 13.2 Å². The maximum Gasteiger partial charge on any atom is 0.416 e. The van der Waals surface area contributed by atoms with Gasteiger partial charge in [-0.1, -0.05) is 12.1 Å². The van der Waals surface area contributed by atoms with Crippen LogP contribution in [0.4, 0.5) is 13.2 Å². The van der Waals surface area contributed by atoms with Gasteiger partial charge in [0.1, 0.15) is 0 Å². The number of hydrogen-bond donors (Lipinski definition) is 1. The monoisotopic (exact) mass is 285 g/mol. The lowest BCUT2D eigenvalue weighted by Crippen LogP contribution is -2.15. The Bertz CT molecular complexity index is 546. The molecule has 2 rings (SSSR count). The fourth-order valence-corrected chi connectivity index (χ4v) is 2.79. The molecule has 0 amide bonds. The summed E-state index contributed by atoms with van der Waals surface area (Å²) in [5, 5.41) is 1.96. The van der Waals surface area contributed by atoms with E-state index in [2.05, 4.69) is 0 Å². The van der Waals surface area contributed by atoms with Gasteiger partial charge in [-0.15, -0.1) is 11.3 Å². The van der Waals surface area contributed by atoms with Crippen molar-refractivity contribution in [3.8, 4) is 0 Å². The first-order chi connectivity index (χ1) is 8.88. The lowest BCUT2D eigenvalue weighted by atomic mass is 9.97. The molecule has 0 fully saturated rings. The van der Waals surface area contributed by atoms with Gasteiger partial charge in [0.2, 0.25) is 0 Å². The summed E-state index contributed by atoms with van der Waals surface area (Å²) in [7, 11) is 0. The molecule has 0 aliphatic rings. The van der Waals surface area contributed by atoms with Gasteiger partial charge >= 0.3 is 6.18 Å². The summed E-state index contributed by atoms with van der Waals surface area (Å²) in [5.41, 5.74) is 6.79. The SMILES string of the molecule is Cc1cc(C(F)(F)F)ccc1C(N)Cc1cccs1. The van der Waals surface area contributed by atoms with Gasteiger partial charge in [0.15, 0.2) is 0 Å². The molecule has 0 aliphatic heterocycles. The third-order valence-electron chi connectivity index (χ3n) is 3.00. The zero-order valence-electron chi connectivity index (χ0n) is 10.4. The van der Waals surface area contributed by atoms with E-state index in [4.69, 9.17) is 5.73 Å². The smallest absolute Gasteiger partial charge is 0.324 e. The number of thiophene rings is 1. The largest absolute Gasteiger partial charge is 0.416 e. The molecular formula is C14H14F3NS. The van der Waals surface area contributed by atoms with Crippen LogP contribution in [0.5, 0.6) is 0 Å². The Kier molecular flexibility index (Phi) is 3.96. The lowest BCUT2D eigenvalue weighted by Gasteiger charge is -2.16. The predicted octanol–water partition coefficient (Wildman–Crippen LogP) is 4.32. The highest BCUT2D eigenvalue weighted by molar-refractivity contribution is 7.09. The van der Waals surface area contributed by atoms with Crippen molar-refractivity contribution in [2.75, 3.05) is 0 Å². The van der Waals surface area contributed by atoms with E-state index in [1.54, 1.807) is 18.3 Å². The van der Waals surface area contributed by atoms with Crippen molar-refractivity contribution < 1.29 is 13.2 Å². The summed E-state index contributed by atoms with van der Waals surface area (Å²) in [6.07, 6.45) is -3.66. The molecule has 1 atom stereocenters. The van der Waals surface area contributed by atoms with Crippen molar-refractivity contribution >= 4 is 11.3 Å². The van der Waals surface area contributed by atoms with Crippen molar-refractivity contribution in [2.45, 2.75) is 25.6 Å². The van der Waals surface area contributed by atoms with Gasteiger partial charge < -0.3 is 5.73 Å². The van der Waals surface area contributed by atoms with Crippen LogP contribution in [0.1, 0.15) is 27.6 Å². The molecule has 0 saturated heterocycles. The van der Waals surface area contributed by atoms with E-state index in [-0.39, 0.29) is 6.04 Å². The molecule has 1 nitrogen and oxygen atoms in total. The van der Waals surface area contributed by atoms with Gasteiger partial charge in [0.25, 0.3) is 0 Å². The number of hydrogen-bond acceptors (Lipinski definition) is 2. The Balaban J connectivity index is 2.21. The second-order valence-corrected chi connectivity index (χ2v) is 5.49. The minimum absolute atomic E-state index is 0.277. The van der Waals surface area contributed by atoms with Crippen LogP contribution in [0.2, 0.25) is 0 Å². The van der Waals surface area contributed by atoms with Crippen LogP contribution >= 0.6 is 11.3 Å². The van der Waals surface area contributed by atoms with Crippen LogP contribution in [0.15, 0.2) is 35.7 Å². The Morgan fingerprint density at radius 1 is 1.26 bits per heavy atom. The molecular weight excluding hydrogens is 271 g/mol. The maximum atomic E-state index is 12.6. The molecule has 0 saturated carbocycles. The Labute approximate surface area is 113 Å². The quantitative estimate of drug-likeness (QED) is 0.893. The fraction of sp³-hybridized carbons (Fsp3) is 0.286. The number of benzene rings is 1. The van der Waals surface area contributed by atoms with Crippen molar-refractivity contribution in [2.24, 2.45) is 5.73 Å². The van der Waals surface area contributed by atoms with E-state index in [1.165, 1.54) is 6.07 Å². The molecule has 2 aromatic rings. The Hall–Kier alpha value is -1.33. The molecule has 1 unspecified atom stereocenters. The zero-order valence-corrected chi connectivity index (χ0v) is 11.2. The van der Waals surface area contributed by atoms with Crippen LogP contribution in [-0.2, 0) is 12.6 Å². The summed E-state index contributed by atoms with van der Waals surface area (Å²) in [5.74, 6) is 0. The molecule has 0 radical (unpaired) electrons. The summed E-state index contributed by atoms with van der Waals surface area (Å²) in [6.45, 7) is 1.67. The topological polar surface area (TPSA) is 26.0 Å². The Morgan fingerprint density at radius 2 is 2.00 bits per heavy atom. The Morgan fingerprint density at radius 3 is 2.53 bits per heavy atom. The van der Waals surface area contributed by atoms with E-state index >= 15 is 0 Å². The summed E-state index contributed by atoms with van der Waals surface area (Å²) >= 11 is 1.60. The molecule has 1 aromatic heterocycles. The molecule has 0 spiro atoms. The third kappa shape index (κ3) is 3.36. The van der Waals surface area contributed by atoms with Crippen molar-refractivity contribution in [3.05, 3.63) is 57.3 Å². The third-order valence-corrected chi connectivity index (χ3v) is 3.90. The average molecular weight is 285 g/mol. The minimum Gasteiger partial charge on any atom is -0.324 e. The average Bonchev–Trinajstić information content (AvgIpc) is 2.80. The maximum absolute atomic E-state index is 12.6. The van der Waals surface area contributed by atoms with Gasteiger partial charge in [0, 0.05) is 17.3 Å². The van der Waals surface area contributed by atoms with E-state index < -0.39 is 11.7 Å². The van der Waals surface area contributed by atoms with Crippen LogP contribution in [0.25, 0.3) is 0 Å². The second kappa shape index (κ2) is 5.35. The summed E-state index contributed by atoms with van der Waals surface area (Å²) < 4.78 is 37.7. The summed E-state index contributed by atoms with van der Waals surface area (Å²) in [4.78, 5) is 1.13. The molecule has 19 heavy (non-hydrogen) atoms. The van der Waals surface area contributed by atoms with Crippen molar-refractivity contribution in [1.82, 2.24) is 0 Å². The first-order valence-electron chi connectivity index (χ1n) is 5.83. The highest BCUT2D eigenvalue weighted by atomic mass is 32.1. The molecule has 1 heterocycles. The first kappa shape index (κ1) is 14.1. The molecule has 0 bridgehead atoms. The van der Waals surface area contributed by atoms with Gasteiger partial charge in [-0.2, -0.15) is 13.2 Å². The lowest BCUT2D eigenvalue weighted by molar-refractivity contribution is -0.137.